The summed E-state index contributed by atoms with van der Waals surface area (Å²) < 4.78 is 79.9. The lowest BCUT2D eigenvalue weighted by atomic mass is 10.1. The number of hydrogen-bond donors (Lipinski definition) is 1. The molecular formula is C16H17F7N2O2. The Bertz CT molecular complexity index is 627. The van der Waals surface area contributed by atoms with Gasteiger partial charge < -0.3 is 5.73 Å². The molecule has 1 fully saturated rings. The second-order valence-corrected chi connectivity index (χ2v) is 5.90. The predicted molar refractivity (Wildman–Crippen MR) is 81.0 cm³/mol. The number of benzene rings is 1. The number of carbonyl (C=O) groups excluding carboxylic acids is 2. The zero-order chi connectivity index (χ0) is 20.8. The molecule has 0 saturated carbocycles. The molecule has 152 valence electrons. The Labute approximate surface area is 150 Å². The Morgan fingerprint density at radius 3 is 1.89 bits per heavy atom. The van der Waals surface area contributed by atoms with Gasteiger partial charge >= 0.3 is 23.9 Å². The van der Waals surface area contributed by atoms with Gasteiger partial charge in [-0.1, -0.05) is 12.1 Å². The van der Waals surface area contributed by atoms with Gasteiger partial charge in [-0.15, -0.1) is 0 Å². The molecule has 0 bridgehead atoms. The molecule has 1 saturated heterocycles. The van der Waals surface area contributed by atoms with Gasteiger partial charge in [-0.3, -0.25) is 14.5 Å². The molecule has 0 radical (unpaired) electrons. The summed E-state index contributed by atoms with van der Waals surface area (Å²) in [6, 6.07) is 7.18. The summed E-state index contributed by atoms with van der Waals surface area (Å²) in [5, 5.41) is 0. The zero-order valence-electron chi connectivity index (χ0n) is 13.9. The molecule has 0 unspecified atom stereocenters. The summed E-state index contributed by atoms with van der Waals surface area (Å²) in [5.74, 6) is -6.97. The second kappa shape index (κ2) is 9.27. The Kier molecular flexibility index (Phi) is 7.90. The van der Waals surface area contributed by atoms with Gasteiger partial charge in [-0.25, -0.2) is 4.39 Å². The Morgan fingerprint density at radius 2 is 1.48 bits per heavy atom. The topological polar surface area (TPSA) is 63.4 Å². The van der Waals surface area contributed by atoms with E-state index in [2.05, 4.69) is 4.90 Å². The van der Waals surface area contributed by atoms with Crippen molar-refractivity contribution in [1.29, 1.82) is 0 Å². The van der Waals surface area contributed by atoms with Crippen molar-refractivity contribution in [3.8, 4) is 0 Å². The number of carbonyl (C=O) groups is 2. The third-order valence-corrected chi connectivity index (χ3v) is 3.65. The van der Waals surface area contributed by atoms with Crippen LogP contribution >= 0.6 is 0 Å². The smallest absolute Gasteiger partial charge is 0.328 e. The molecule has 0 amide bonds. The average molecular weight is 402 g/mol. The lowest BCUT2D eigenvalue weighted by Gasteiger charge is -2.30. The van der Waals surface area contributed by atoms with Crippen molar-refractivity contribution < 1.29 is 40.3 Å². The molecule has 1 aliphatic rings. The number of rotatable bonds is 3. The van der Waals surface area contributed by atoms with Crippen LogP contribution in [0.2, 0.25) is 0 Å². The fourth-order valence-electron chi connectivity index (χ4n) is 2.26. The minimum atomic E-state index is -5.77. The standard InChI is InChI=1S/C12H17FN2.C4F6O2/c13-11-3-1-2-10(8-11)9-15-6-4-12(14)5-7-15;5-3(6,7)1(11)2(12)4(8,9)10/h1-3,8,12H,4-7,9,14H2;. The molecule has 2 N–H and O–H groups in total. The Balaban J connectivity index is 0.000000279. The number of halogens is 7. The maximum Gasteiger partial charge on any atom is 0.458 e. The lowest BCUT2D eigenvalue weighted by Crippen LogP contribution is -2.39. The first-order chi connectivity index (χ1) is 12.3. The minimum absolute atomic E-state index is 0.152. The second-order valence-electron chi connectivity index (χ2n) is 5.90. The van der Waals surface area contributed by atoms with Crippen molar-refractivity contribution in [1.82, 2.24) is 4.90 Å². The van der Waals surface area contributed by atoms with E-state index in [1.807, 2.05) is 6.07 Å². The highest BCUT2D eigenvalue weighted by molar-refractivity contribution is 6.41. The number of nitrogens with zero attached hydrogens (tertiary/aromatic N) is 1. The number of nitrogens with two attached hydrogens (primary N) is 1. The van der Waals surface area contributed by atoms with Crippen molar-refractivity contribution >= 4 is 11.6 Å². The Morgan fingerprint density at radius 1 is 1.00 bits per heavy atom. The number of hydrogen-bond acceptors (Lipinski definition) is 4. The van der Waals surface area contributed by atoms with Gasteiger partial charge in [-0.05, 0) is 43.6 Å². The van der Waals surface area contributed by atoms with E-state index < -0.39 is 23.9 Å². The van der Waals surface area contributed by atoms with E-state index in [4.69, 9.17) is 5.73 Å². The molecule has 0 atom stereocenters. The predicted octanol–water partition coefficient (Wildman–Crippen LogP) is 3.00. The van der Waals surface area contributed by atoms with Gasteiger partial charge in [0.05, 0.1) is 0 Å². The molecule has 0 aromatic heterocycles. The number of ketones is 2. The van der Waals surface area contributed by atoms with Gasteiger partial charge in [0.15, 0.2) is 0 Å². The molecule has 0 aliphatic carbocycles. The SMILES string of the molecule is NC1CCN(Cc2cccc(F)c2)CC1.O=C(C(=O)C(F)(F)F)C(F)(F)F. The molecule has 1 aromatic rings. The molecular weight excluding hydrogens is 385 g/mol. The van der Waals surface area contributed by atoms with E-state index in [1.165, 1.54) is 6.07 Å². The quantitative estimate of drug-likeness (QED) is 0.624. The molecule has 4 nitrogen and oxygen atoms in total. The van der Waals surface area contributed by atoms with Crippen LogP contribution in [0.5, 0.6) is 0 Å². The lowest BCUT2D eigenvalue weighted by molar-refractivity contribution is -0.193. The third-order valence-electron chi connectivity index (χ3n) is 3.65. The van der Waals surface area contributed by atoms with Crippen LogP contribution in [0.25, 0.3) is 0 Å². The van der Waals surface area contributed by atoms with Crippen LogP contribution in [-0.2, 0) is 16.1 Å². The monoisotopic (exact) mass is 402 g/mol. The Hall–Kier alpha value is -2.01. The van der Waals surface area contributed by atoms with Gasteiger partial charge in [0.2, 0.25) is 0 Å². The summed E-state index contributed by atoms with van der Waals surface area (Å²) in [5.41, 5.74) is 6.87. The molecule has 1 aromatic carbocycles. The van der Waals surface area contributed by atoms with Gasteiger partial charge in [0.1, 0.15) is 5.82 Å². The van der Waals surface area contributed by atoms with Crippen LogP contribution < -0.4 is 5.73 Å². The fourth-order valence-corrected chi connectivity index (χ4v) is 2.26. The van der Waals surface area contributed by atoms with E-state index >= 15 is 0 Å². The van der Waals surface area contributed by atoms with Crippen molar-refractivity contribution in [2.45, 2.75) is 37.8 Å². The largest absolute Gasteiger partial charge is 0.458 e. The number of Topliss-reactive ketones (excluding diaryl/α,β-unsaturated/α-hetero) is 2. The summed E-state index contributed by atoms with van der Waals surface area (Å²) in [7, 11) is 0. The fraction of sp³-hybridized carbons (Fsp3) is 0.500. The van der Waals surface area contributed by atoms with Crippen LogP contribution in [0.4, 0.5) is 30.7 Å². The molecule has 1 aliphatic heterocycles. The molecule has 11 heteroatoms. The zero-order valence-corrected chi connectivity index (χ0v) is 13.9. The van der Waals surface area contributed by atoms with Crippen LogP contribution in [-0.4, -0.2) is 48.0 Å². The third kappa shape index (κ3) is 8.04. The normalized spacial score (nSPS) is 16.4. The summed E-state index contributed by atoms with van der Waals surface area (Å²) >= 11 is 0. The first kappa shape index (κ1) is 23.0. The first-order valence-corrected chi connectivity index (χ1v) is 7.75. The molecule has 0 spiro atoms. The highest BCUT2D eigenvalue weighted by atomic mass is 19.4. The van der Waals surface area contributed by atoms with Crippen LogP contribution in [0.1, 0.15) is 18.4 Å². The van der Waals surface area contributed by atoms with Crippen molar-refractivity contribution in [2.24, 2.45) is 5.73 Å². The molecule has 1 heterocycles. The van der Waals surface area contributed by atoms with Gasteiger partial charge in [0.25, 0.3) is 0 Å². The van der Waals surface area contributed by atoms with E-state index in [0.717, 1.165) is 38.0 Å². The van der Waals surface area contributed by atoms with Gasteiger partial charge in [-0.2, -0.15) is 26.3 Å². The van der Waals surface area contributed by atoms with Crippen molar-refractivity contribution in [2.75, 3.05) is 13.1 Å². The van der Waals surface area contributed by atoms with E-state index in [0.29, 0.717) is 6.04 Å². The maximum atomic E-state index is 12.9. The minimum Gasteiger partial charge on any atom is -0.328 e. The summed E-state index contributed by atoms with van der Waals surface area (Å²) in [4.78, 5) is 21.6. The summed E-state index contributed by atoms with van der Waals surface area (Å²) in [6.07, 6.45) is -9.44. The van der Waals surface area contributed by atoms with Crippen molar-refractivity contribution in [3.63, 3.8) is 0 Å². The van der Waals surface area contributed by atoms with Crippen LogP contribution in [0, 0.1) is 5.82 Å². The first-order valence-electron chi connectivity index (χ1n) is 7.75. The number of piperidine rings is 1. The maximum absolute atomic E-state index is 12.9. The van der Waals surface area contributed by atoms with Gasteiger partial charge in [0, 0.05) is 12.6 Å². The number of likely N-dealkylation sites (tertiary alicyclic amines) is 1. The van der Waals surface area contributed by atoms with E-state index in [-0.39, 0.29) is 5.82 Å². The van der Waals surface area contributed by atoms with E-state index in [1.54, 1.807) is 12.1 Å². The van der Waals surface area contributed by atoms with Crippen molar-refractivity contribution in [3.05, 3.63) is 35.6 Å². The van der Waals surface area contributed by atoms with Crippen LogP contribution in [0.3, 0.4) is 0 Å². The molecule has 27 heavy (non-hydrogen) atoms. The molecule has 2 rings (SSSR count). The highest BCUT2D eigenvalue weighted by Crippen LogP contribution is 2.24. The average Bonchev–Trinajstić information content (AvgIpc) is 2.54. The number of alkyl halides is 6. The van der Waals surface area contributed by atoms with E-state index in [9.17, 15) is 40.3 Å². The summed E-state index contributed by atoms with van der Waals surface area (Å²) in [6.45, 7) is 2.89. The highest BCUT2D eigenvalue weighted by Gasteiger charge is 2.54. The van der Waals surface area contributed by atoms with Crippen LogP contribution in [0.15, 0.2) is 24.3 Å².